The molecule has 5 heterocycles. The van der Waals surface area contributed by atoms with Gasteiger partial charge in [0.2, 0.25) is 0 Å². The second-order valence-electron chi connectivity index (χ2n) is 16.9. The highest BCUT2D eigenvalue weighted by atomic mass is 32.1. The van der Waals surface area contributed by atoms with E-state index in [4.69, 9.17) is 8.22 Å². The highest BCUT2D eigenvalue weighted by Gasteiger charge is 2.35. The van der Waals surface area contributed by atoms with Gasteiger partial charge in [0, 0.05) is 58.6 Å². The van der Waals surface area contributed by atoms with Gasteiger partial charge in [-0.2, -0.15) is 10.5 Å². The summed E-state index contributed by atoms with van der Waals surface area (Å²) in [6, 6.07) is -2.53. The predicted molar refractivity (Wildman–Crippen MR) is 296 cm³/mol. The Labute approximate surface area is 444 Å². The van der Waals surface area contributed by atoms with Gasteiger partial charge in [0.05, 0.1) is 104 Å². The lowest BCUT2D eigenvalue weighted by Gasteiger charge is -2.27. The van der Waals surface area contributed by atoms with Gasteiger partial charge in [0.25, 0.3) is 0 Å². The summed E-state index contributed by atoms with van der Waals surface area (Å²) in [6.45, 7) is 3.64. The molecule has 0 saturated heterocycles. The highest BCUT2D eigenvalue weighted by Crippen LogP contribution is 2.50. The fourth-order valence-electron chi connectivity index (χ4n) is 10.5. The summed E-state index contributed by atoms with van der Waals surface area (Å²) in [4.78, 5) is 0. The van der Waals surface area contributed by atoms with Gasteiger partial charge < -0.3 is 18.3 Å². The fraction of sp³-hybridized carbons (Fsp3) is 0.0312. The van der Waals surface area contributed by atoms with Crippen LogP contribution in [0.3, 0.4) is 0 Å². The van der Waals surface area contributed by atoms with Crippen molar-refractivity contribution in [2.75, 3.05) is 0 Å². The number of aromatic nitrogens is 4. The van der Waals surface area contributed by atoms with E-state index >= 15 is 0 Å². The summed E-state index contributed by atoms with van der Waals surface area (Å²) in [5.41, 5.74) is -6.68. The normalized spacial score (nSPS) is 16.8. The monoisotopic (exact) mass is 946 g/mol. The second-order valence-corrected chi connectivity index (χ2v) is 18.0. The molecule has 0 aliphatic carbocycles. The van der Waals surface area contributed by atoms with E-state index in [1.54, 1.807) is 17.6 Å². The number of fused-ring (bicyclic) bond motifs is 16. The molecule has 0 amide bonds. The van der Waals surface area contributed by atoms with Crippen LogP contribution in [-0.2, 0) is 0 Å². The van der Waals surface area contributed by atoms with E-state index in [0.29, 0.717) is 26.4 Å². The van der Waals surface area contributed by atoms with Crippen LogP contribution in [0.1, 0.15) is 55.2 Å². The maximum Gasteiger partial charge on any atom is 0.104 e. The van der Waals surface area contributed by atoms with Gasteiger partial charge in [-0.3, -0.25) is 0 Å². The zero-order valence-corrected chi connectivity index (χ0v) is 37.5. The number of thiophene rings is 1. The van der Waals surface area contributed by atoms with E-state index in [2.05, 4.69) is 12.1 Å². The van der Waals surface area contributed by atoms with Crippen molar-refractivity contribution in [1.82, 2.24) is 18.3 Å². The van der Waals surface area contributed by atoms with E-state index in [1.807, 2.05) is 49.4 Å². The van der Waals surface area contributed by atoms with Gasteiger partial charge in [0.1, 0.15) is 23.3 Å². The Balaban J connectivity index is 1.41. The van der Waals surface area contributed by atoms with Crippen molar-refractivity contribution in [3.8, 4) is 34.9 Å². The second kappa shape index (κ2) is 14.6. The standard InChI is InChI=1S/C64H38N6S/c1-37-33-48-46-31-32-47-45-23-9-16-30-58(45)71-64(47)63(46)70(57(48)34-38(37)2)62-50(36-66)60(68-53-26-12-5-19-41(53)42-20-6-13-27-54(42)68)59(67-51-24-10-3-17-39(51)40-18-4-11-25-52(40)67)49(35-65)61(62)69-55-28-14-7-21-43(55)44-22-8-15-29-56(44)69/h3-34H,1-2H3/i3D,4D,5D,6D,7D,8D,10D,11D,12D,13D,14D,15D,17D,18D,19D,20D,21D,22D,24D,25D,26D,27D,28D,29D. The van der Waals surface area contributed by atoms with Gasteiger partial charge in [-0.1, -0.05) is 139 Å². The van der Waals surface area contributed by atoms with E-state index in [-0.39, 0.29) is 11.0 Å². The number of para-hydroxylation sites is 6. The molecule has 6 nitrogen and oxygen atoms in total. The van der Waals surface area contributed by atoms with Gasteiger partial charge in [-0.05, 0) is 79.4 Å². The van der Waals surface area contributed by atoms with Crippen molar-refractivity contribution in [2.45, 2.75) is 13.8 Å². The van der Waals surface area contributed by atoms with Crippen LogP contribution >= 0.6 is 11.3 Å². The van der Waals surface area contributed by atoms with Crippen LogP contribution < -0.4 is 0 Å². The SMILES string of the molecule is [2H]c1c([2H])c([2H])c2c(c1[2H])c1c([2H])c([2H])c([2H])c([2H])c1n2-c1c(C#N)c(-n2c3c([2H])c([2H])c([2H])c([2H])c3c3c([2H])c([2H])c([2H])c([2H])c32)c(-n2c3cc(C)c(C)cc3c3ccc4c5ccccc5sc4c32)c(C#N)c1-n1c2c([2H])c([2H])c([2H])c([2H])c2c2c([2H])c([2H])c([2H])c([2H])c21. The largest absolute Gasteiger partial charge is 0.306 e. The molecule has 0 N–H and O–H groups in total. The van der Waals surface area contributed by atoms with E-state index in [9.17, 15) is 35.2 Å². The smallest absolute Gasteiger partial charge is 0.104 e. The molecule has 15 rings (SSSR count). The summed E-state index contributed by atoms with van der Waals surface area (Å²) in [6.07, 6.45) is 0. The molecule has 7 heteroatoms. The lowest BCUT2D eigenvalue weighted by molar-refractivity contribution is 1.02. The zero-order valence-electron chi connectivity index (χ0n) is 60.7. The van der Waals surface area contributed by atoms with Crippen LogP contribution in [0.4, 0.5) is 0 Å². The first-order valence-corrected chi connectivity index (χ1v) is 22.7. The van der Waals surface area contributed by atoms with Crippen LogP contribution in [0, 0.1) is 36.5 Å². The lowest BCUT2D eigenvalue weighted by Crippen LogP contribution is -2.16. The third-order valence-corrected chi connectivity index (χ3v) is 14.7. The molecule has 0 unspecified atom stereocenters. The van der Waals surface area contributed by atoms with Crippen molar-refractivity contribution in [3.63, 3.8) is 0 Å². The Kier molecular flexibility index (Phi) is 4.68. The minimum Gasteiger partial charge on any atom is -0.306 e. The zero-order chi connectivity index (χ0) is 68.1. The molecule has 0 aliphatic heterocycles. The molecule has 15 aromatic rings. The first-order chi connectivity index (χ1) is 45.0. The van der Waals surface area contributed by atoms with Gasteiger partial charge in [-0.15, -0.1) is 11.3 Å². The van der Waals surface area contributed by atoms with Crippen molar-refractivity contribution < 1.29 is 32.9 Å². The number of rotatable bonds is 4. The van der Waals surface area contributed by atoms with Crippen LogP contribution in [0.5, 0.6) is 0 Å². The quantitative estimate of drug-likeness (QED) is 0.176. The summed E-state index contributed by atoms with van der Waals surface area (Å²) >= 11 is 1.31. The first kappa shape index (κ1) is 22.8. The molecular weight excluding hydrogens is 885 g/mol. The van der Waals surface area contributed by atoms with Crippen LogP contribution in [0.25, 0.3) is 130 Å². The molecular formula is C64H38N6S. The van der Waals surface area contributed by atoms with Gasteiger partial charge in [-0.25, -0.2) is 0 Å². The van der Waals surface area contributed by atoms with Crippen LogP contribution in [0.2, 0.25) is 0 Å². The molecule has 0 saturated carbocycles. The average molecular weight is 947 g/mol. The molecule has 71 heavy (non-hydrogen) atoms. The minimum atomic E-state index is -0.975. The van der Waals surface area contributed by atoms with Gasteiger partial charge >= 0.3 is 0 Å². The molecule has 0 aliphatic rings. The van der Waals surface area contributed by atoms with Gasteiger partial charge in [0.15, 0.2) is 0 Å². The van der Waals surface area contributed by atoms with E-state index in [1.165, 1.54) is 11.3 Å². The third kappa shape index (κ3) is 5.17. The topological polar surface area (TPSA) is 67.3 Å². The average Bonchev–Trinajstić information content (AvgIpc) is 1.54. The summed E-state index contributed by atoms with van der Waals surface area (Å²) < 4.78 is 233. The van der Waals surface area contributed by atoms with Crippen LogP contribution in [-0.4, -0.2) is 18.3 Å². The Morgan fingerprint density at radius 2 is 0.746 bits per heavy atom. The van der Waals surface area contributed by atoms with E-state index < -0.39 is 244 Å². The molecule has 5 aromatic heterocycles. The molecule has 0 bridgehead atoms. The molecule has 0 spiro atoms. The summed E-state index contributed by atoms with van der Waals surface area (Å²) in [7, 11) is 0. The number of nitrogens with zero attached hydrogens (tertiary/aromatic N) is 6. The number of hydrogen-bond donors (Lipinski definition) is 0. The molecule has 10 aromatic carbocycles. The molecule has 0 fully saturated rings. The van der Waals surface area contributed by atoms with E-state index in [0.717, 1.165) is 29.4 Å². The maximum absolute atomic E-state index is 13.1. The Hall–Kier alpha value is -9.40. The number of aryl methyl sites for hydroxylation is 2. The third-order valence-electron chi connectivity index (χ3n) is 13.5. The molecule has 0 atom stereocenters. The van der Waals surface area contributed by atoms with Crippen molar-refractivity contribution in [2.24, 2.45) is 0 Å². The Morgan fingerprint density at radius 3 is 1.17 bits per heavy atom. The fourth-order valence-corrected chi connectivity index (χ4v) is 11.7. The number of nitriles is 2. The molecule has 330 valence electrons. The highest BCUT2D eigenvalue weighted by molar-refractivity contribution is 7.26. The first-order valence-electron chi connectivity index (χ1n) is 33.9. The summed E-state index contributed by atoms with van der Waals surface area (Å²) in [5, 5.41) is 25.1. The predicted octanol–water partition coefficient (Wildman–Crippen LogP) is 16.8. The van der Waals surface area contributed by atoms with Crippen molar-refractivity contribution in [1.29, 1.82) is 10.5 Å². The minimum absolute atomic E-state index is 0.240. The maximum atomic E-state index is 13.1. The van der Waals surface area contributed by atoms with Crippen molar-refractivity contribution in [3.05, 3.63) is 216 Å². The summed E-state index contributed by atoms with van der Waals surface area (Å²) in [5.74, 6) is 0. The molecule has 0 radical (unpaired) electrons. The number of hydrogen-bond acceptors (Lipinski definition) is 3. The Morgan fingerprint density at radius 1 is 0.380 bits per heavy atom. The number of benzene rings is 10. The van der Waals surface area contributed by atoms with Crippen LogP contribution in [0.15, 0.2) is 194 Å². The lowest BCUT2D eigenvalue weighted by atomic mass is 9.98. The Bertz CT molecular complexity index is 6160. The van der Waals surface area contributed by atoms with Crippen molar-refractivity contribution >= 4 is 119 Å².